The average Bonchev–Trinajstić information content (AvgIpc) is 2.30. The summed E-state index contributed by atoms with van der Waals surface area (Å²) < 4.78 is 0. The van der Waals surface area contributed by atoms with Crippen molar-refractivity contribution in [3.05, 3.63) is 29.8 Å². The van der Waals surface area contributed by atoms with Crippen LogP contribution in [0.1, 0.15) is 10.8 Å². The summed E-state index contributed by atoms with van der Waals surface area (Å²) in [6, 6.07) is 8.04. The van der Waals surface area contributed by atoms with Crippen LogP contribution in [-0.2, 0) is 0 Å². The number of nitrogens with one attached hydrogen (secondary N) is 1. The molecule has 0 fully saturated rings. The van der Waals surface area contributed by atoms with E-state index in [0.29, 0.717) is 5.04 Å². The summed E-state index contributed by atoms with van der Waals surface area (Å²) in [5, 5.41) is 8.17. The maximum atomic E-state index is 7.53. The van der Waals surface area contributed by atoms with Crippen LogP contribution in [0.2, 0.25) is 0 Å². The lowest BCUT2D eigenvalue weighted by molar-refractivity contribution is 1.23. The van der Waals surface area contributed by atoms with Crippen molar-refractivity contribution in [1.29, 1.82) is 5.41 Å². The van der Waals surface area contributed by atoms with E-state index in [1.54, 1.807) is 0 Å². The smallest absolute Gasteiger partial charge is 0.0861 e. The van der Waals surface area contributed by atoms with Gasteiger partial charge in [0.05, 0.1) is 10.3 Å². The standard InChI is InChI=1S/C8H7NS2/c9-8-7(10)5-3-1-2-4-6(5)11-8/h1-4,7,9-10H. The summed E-state index contributed by atoms with van der Waals surface area (Å²) in [6.07, 6.45) is 0. The van der Waals surface area contributed by atoms with Gasteiger partial charge in [-0.3, -0.25) is 5.41 Å². The van der Waals surface area contributed by atoms with Gasteiger partial charge in [0.2, 0.25) is 0 Å². The van der Waals surface area contributed by atoms with Gasteiger partial charge in [-0.05, 0) is 11.6 Å². The fourth-order valence-electron chi connectivity index (χ4n) is 1.11. The van der Waals surface area contributed by atoms with E-state index < -0.39 is 0 Å². The molecule has 0 aliphatic carbocycles. The second kappa shape index (κ2) is 2.57. The Hall–Kier alpha value is -0.410. The van der Waals surface area contributed by atoms with Gasteiger partial charge in [-0.2, -0.15) is 12.6 Å². The van der Waals surface area contributed by atoms with Gasteiger partial charge in [-0.15, -0.1) is 0 Å². The van der Waals surface area contributed by atoms with Crippen LogP contribution in [0, 0.1) is 5.41 Å². The van der Waals surface area contributed by atoms with Gasteiger partial charge >= 0.3 is 0 Å². The van der Waals surface area contributed by atoms with Crippen LogP contribution in [0.25, 0.3) is 0 Å². The van der Waals surface area contributed by atoms with E-state index in [0.717, 1.165) is 0 Å². The van der Waals surface area contributed by atoms with Gasteiger partial charge in [0, 0.05) is 4.90 Å². The lowest BCUT2D eigenvalue weighted by atomic mass is 10.2. The first-order valence-electron chi connectivity index (χ1n) is 3.32. The second-order valence-electron chi connectivity index (χ2n) is 2.41. The summed E-state index contributed by atoms with van der Waals surface area (Å²) in [5.74, 6) is 0. The van der Waals surface area contributed by atoms with Crippen molar-refractivity contribution in [2.45, 2.75) is 10.1 Å². The summed E-state index contributed by atoms with van der Waals surface area (Å²) in [5.41, 5.74) is 1.17. The molecular weight excluding hydrogens is 174 g/mol. The number of benzene rings is 1. The third-order valence-corrected chi connectivity index (χ3v) is 3.44. The van der Waals surface area contributed by atoms with Gasteiger partial charge < -0.3 is 0 Å². The Balaban J connectivity index is 2.55. The predicted molar refractivity (Wildman–Crippen MR) is 51.8 cm³/mol. The molecular formula is C8H7NS2. The highest BCUT2D eigenvalue weighted by Crippen LogP contribution is 2.42. The Kier molecular flexibility index (Phi) is 1.69. The maximum Gasteiger partial charge on any atom is 0.0861 e. The SMILES string of the molecule is N=C1Sc2ccccc2C1S. The zero-order chi connectivity index (χ0) is 7.84. The number of thiol groups is 1. The van der Waals surface area contributed by atoms with Crippen LogP contribution < -0.4 is 0 Å². The van der Waals surface area contributed by atoms with E-state index in [2.05, 4.69) is 12.6 Å². The lowest BCUT2D eigenvalue weighted by Crippen LogP contribution is -1.91. The van der Waals surface area contributed by atoms with E-state index in [1.807, 2.05) is 24.3 Å². The molecule has 2 rings (SSSR count). The van der Waals surface area contributed by atoms with Gasteiger partial charge in [0.15, 0.2) is 0 Å². The van der Waals surface area contributed by atoms with Gasteiger partial charge in [-0.1, -0.05) is 30.0 Å². The van der Waals surface area contributed by atoms with Crippen LogP contribution in [0.3, 0.4) is 0 Å². The molecule has 56 valence electrons. The van der Waals surface area contributed by atoms with E-state index in [-0.39, 0.29) is 5.25 Å². The minimum atomic E-state index is 0.0104. The summed E-state index contributed by atoms with van der Waals surface area (Å²) in [6.45, 7) is 0. The normalized spacial score (nSPS) is 21.9. The Bertz CT molecular complexity index is 309. The van der Waals surface area contributed by atoms with Crippen LogP contribution in [0.4, 0.5) is 0 Å². The van der Waals surface area contributed by atoms with Crippen LogP contribution in [0.15, 0.2) is 29.2 Å². The number of hydrogen-bond donors (Lipinski definition) is 2. The summed E-state index contributed by atoms with van der Waals surface area (Å²) in [7, 11) is 0. The Morgan fingerprint density at radius 3 is 2.82 bits per heavy atom. The highest BCUT2D eigenvalue weighted by Gasteiger charge is 2.24. The Morgan fingerprint density at radius 1 is 1.36 bits per heavy atom. The van der Waals surface area contributed by atoms with Crippen LogP contribution in [-0.4, -0.2) is 5.04 Å². The van der Waals surface area contributed by atoms with Crippen molar-refractivity contribution < 1.29 is 0 Å². The summed E-state index contributed by atoms with van der Waals surface area (Å²) in [4.78, 5) is 1.18. The first kappa shape index (κ1) is 7.25. The van der Waals surface area contributed by atoms with Crippen molar-refractivity contribution in [2.24, 2.45) is 0 Å². The van der Waals surface area contributed by atoms with Gasteiger partial charge in [0.25, 0.3) is 0 Å². The molecule has 1 N–H and O–H groups in total. The van der Waals surface area contributed by atoms with E-state index in [4.69, 9.17) is 5.41 Å². The fourth-order valence-corrected chi connectivity index (χ4v) is 2.51. The maximum absolute atomic E-state index is 7.53. The van der Waals surface area contributed by atoms with Crippen molar-refractivity contribution in [3.8, 4) is 0 Å². The number of rotatable bonds is 0. The molecule has 1 aliphatic rings. The summed E-state index contributed by atoms with van der Waals surface area (Å²) >= 11 is 5.83. The molecule has 1 nitrogen and oxygen atoms in total. The lowest BCUT2D eigenvalue weighted by Gasteiger charge is -1.99. The molecule has 11 heavy (non-hydrogen) atoms. The number of fused-ring (bicyclic) bond motifs is 1. The van der Waals surface area contributed by atoms with Crippen LogP contribution >= 0.6 is 24.4 Å². The minimum absolute atomic E-state index is 0.0104. The first-order valence-corrected chi connectivity index (χ1v) is 4.65. The third kappa shape index (κ3) is 1.08. The van der Waals surface area contributed by atoms with Crippen molar-refractivity contribution in [1.82, 2.24) is 0 Å². The van der Waals surface area contributed by atoms with E-state index in [1.165, 1.54) is 22.2 Å². The number of hydrogen-bond acceptors (Lipinski definition) is 3. The topological polar surface area (TPSA) is 23.9 Å². The molecule has 0 saturated heterocycles. The molecule has 0 aromatic heterocycles. The quantitative estimate of drug-likeness (QED) is 0.591. The molecule has 0 spiro atoms. The molecule has 1 aromatic carbocycles. The highest BCUT2D eigenvalue weighted by atomic mass is 32.2. The van der Waals surface area contributed by atoms with Crippen molar-refractivity contribution in [3.63, 3.8) is 0 Å². The first-order chi connectivity index (χ1) is 5.29. The Labute approximate surface area is 75.1 Å². The minimum Gasteiger partial charge on any atom is -0.297 e. The largest absolute Gasteiger partial charge is 0.297 e. The number of thioether (sulfide) groups is 1. The molecule has 1 unspecified atom stereocenters. The third-order valence-electron chi connectivity index (χ3n) is 1.68. The zero-order valence-corrected chi connectivity index (χ0v) is 7.45. The van der Waals surface area contributed by atoms with Crippen LogP contribution in [0.5, 0.6) is 0 Å². The van der Waals surface area contributed by atoms with Crippen molar-refractivity contribution >= 4 is 29.4 Å². The van der Waals surface area contributed by atoms with Crippen molar-refractivity contribution in [2.75, 3.05) is 0 Å². The zero-order valence-electron chi connectivity index (χ0n) is 5.74. The molecule has 0 amide bonds. The van der Waals surface area contributed by atoms with Gasteiger partial charge in [0.1, 0.15) is 0 Å². The molecule has 0 bridgehead atoms. The van der Waals surface area contributed by atoms with Gasteiger partial charge in [-0.25, -0.2) is 0 Å². The monoisotopic (exact) mass is 181 g/mol. The molecule has 1 aliphatic heterocycles. The van der Waals surface area contributed by atoms with E-state index in [9.17, 15) is 0 Å². The molecule has 3 heteroatoms. The highest BCUT2D eigenvalue weighted by molar-refractivity contribution is 8.15. The molecule has 0 radical (unpaired) electrons. The average molecular weight is 181 g/mol. The molecule has 1 heterocycles. The fraction of sp³-hybridized carbons (Fsp3) is 0.125. The van der Waals surface area contributed by atoms with E-state index >= 15 is 0 Å². The Morgan fingerprint density at radius 2 is 2.09 bits per heavy atom. The molecule has 1 aromatic rings. The predicted octanol–water partition coefficient (Wildman–Crippen LogP) is 2.74. The second-order valence-corrected chi connectivity index (χ2v) is 4.01. The molecule has 0 saturated carbocycles. The molecule has 1 atom stereocenters.